The number of aliphatic carboxylic acids is 1. The van der Waals surface area contributed by atoms with Gasteiger partial charge in [-0.05, 0) is 19.3 Å². The Kier molecular flexibility index (Phi) is 10.7. The second kappa shape index (κ2) is 11.5. The first-order chi connectivity index (χ1) is 9.54. The standard InChI is InChI=1S/C13H26N2O5/c1-4-11(12(16)17)15(2)13(18)14-7-5-6-8-20-10-9-19-3/h11H,4-10H2,1-3H3,(H,14,18)(H,16,17). The minimum absolute atomic E-state index is 0.362. The van der Waals surface area contributed by atoms with E-state index in [2.05, 4.69) is 5.32 Å². The number of carbonyl (C=O) groups excluding carboxylic acids is 1. The molecule has 0 aromatic rings. The summed E-state index contributed by atoms with van der Waals surface area (Å²) in [5.41, 5.74) is 0. The number of ether oxygens (including phenoxy) is 2. The number of unbranched alkanes of at least 4 members (excludes halogenated alkanes) is 1. The van der Waals surface area contributed by atoms with E-state index in [-0.39, 0.29) is 6.03 Å². The van der Waals surface area contributed by atoms with Crippen molar-refractivity contribution in [2.24, 2.45) is 0 Å². The van der Waals surface area contributed by atoms with Crippen LogP contribution in [0.1, 0.15) is 26.2 Å². The summed E-state index contributed by atoms with van der Waals surface area (Å²) < 4.78 is 10.1. The lowest BCUT2D eigenvalue weighted by Gasteiger charge is -2.23. The maximum Gasteiger partial charge on any atom is 0.326 e. The van der Waals surface area contributed by atoms with Crippen LogP contribution in [0.5, 0.6) is 0 Å². The largest absolute Gasteiger partial charge is 0.480 e. The van der Waals surface area contributed by atoms with Gasteiger partial charge in [0.2, 0.25) is 0 Å². The Morgan fingerprint density at radius 1 is 1.25 bits per heavy atom. The van der Waals surface area contributed by atoms with Gasteiger partial charge in [0.1, 0.15) is 6.04 Å². The van der Waals surface area contributed by atoms with Gasteiger partial charge in [-0.15, -0.1) is 0 Å². The highest BCUT2D eigenvalue weighted by atomic mass is 16.5. The van der Waals surface area contributed by atoms with E-state index >= 15 is 0 Å². The maximum atomic E-state index is 11.7. The van der Waals surface area contributed by atoms with Crippen molar-refractivity contribution in [2.75, 3.05) is 40.5 Å². The quantitative estimate of drug-likeness (QED) is 0.553. The van der Waals surface area contributed by atoms with Crippen molar-refractivity contribution in [3.05, 3.63) is 0 Å². The Labute approximate surface area is 120 Å². The van der Waals surface area contributed by atoms with Crippen LogP contribution >= 0.6 is 0 Å². The topological polar surface area (TPSA) is 88.1 Å². The molecule has 2 N–H and O–H groups in total. The summed E-state index contributed by atoms with van der Waals surface area (Å²) in [6.45, 7) is 4.02. The molecule has 0 aliphatic heterocycles. The van der Waals surface area contributed by atoms with Gasteiger partial charge in [-0.2, -0.15) is 0 Å². The Bertz CT molecular complexity index is 286. The predicted octanol–water partition coefficient (Wildman–Crippen LogP) is 0.934. The Morgan fingerprint density at radius 2 is 1.95 bits per heavy atom. The van der Waals surface area contributed by atoms with Crippen LogP contribution in [-0.4, -0.2) is 68.6 Å². The number of carboxylic acid groups (broad SMARTS) is 1. The minimum atomic E-state index is -0.989. The Balaban J connectivity index is 3.69. The summed E-state index contributed by atoms with van der Waals surface area (Å²) in [6, 6.07) is -1.15. The smallest absolute Gasteiger partial charge is 0.326 e. The van der Waals surface area contributed by atoms with E-state index in [1.165, 1.54) is 11.9 Å². The number of urea groups is 1. The molecular weight excluding hydrogens is 264 g/mol. The molecule has 0 aliphatic carbocycles. The van der Waals surface area contributed by atoms with Gasteiger partial charge in [-0.3, -0.25) is 0 Å². The third-order valence-electron chi connectivity index (χ3n) is 2.88. The number of rotatable bonds is 11. The minimum Gasteiger partial charge on any atom is -0.480 e. The first kappa shape index (κ1) is 18.7. The molecule has 0 saturated carbocycles. The van der Waals surface area contributed by atoms with Crippen LogP contribution in [0.3, 0.4) is 0 Å². The number of hydrogen-bond acceptors (Lipinski definition) is 4. The van der Waals surface area contributed by atoms with E-state index in [0.717, 1.165) is 12.8 Å². The molecule has 0 heterocycles. The number of nitrogens with zero attached hydrogens (tertiary/aromatic N) is 1. The molecule has 0 saturated heterocycles. The molecule has 7 nitrogen and oxygen atoms in total. The first-order valence-electron chi connectivity index (χ1n) is 6.84. The van der Waals surface area contributed by atoms with Crippen LogP contribution in [0.15, 0.2) is 0 Å². The lowest BCUT2D eigenvalue weighted by Crippen LogP contribution is -2.47. The summed E-state index contributed by atoms with van der Waals surface area (Å²) >= 11 is 0. The zero-order valence-electron chi connectivity index (χ0n) is 12.6. The number of likely N-dealkylation sites (N-methyl/N-ethyl adjacent to an activating group) is 1. The molecule has 118 valence electrons. The normalized spacial score (nSPS) is 11.9. The highest BCUT2D eigenvalue weighted by molar-refractivity contribution is 5.82. The molecule has 0 aromatic carbocycles. The molecule has 0 aromatic heterocycles. The zero-order valence-corrected chi connectivity index (χ0v) is 12.6. The van der Waals surface area contributed by atoms with Crippen molar-refractivity contribution in [1.29, 1.82) is 0 Å². The molecular formula is C13H26N2O5. The first-order valence-corrected chi connectivity index (χ1v) is 6.84. The van der Waals surface area contributed by atoms with Gasteiger partial charge in [0.05, 0.1) is 13.2 Å². The molecule has 0 rings (SSSR count). The summed E-state index contributed by atoms with van der Waals surface area (Å²) in [7, 11) is 3.11. The van der Waals surface area contributed by atoms with E-state index in [4.69, 9.17) is 14.6 Å². The van der Waals surface area contributed by atoms with Crippen LogP contribution in [0, 0.1) is 0 Å². The predicted molar refractivity (Wildman–Crippen MR) is 74.8 cm³/mol. The fourth-order valence-corrected chi connectivity index (χ4v) is 1.65. The summed E-state index contributed by atoms with van der Waals surface area (Å²) in [4.78, 5) is 23.9. The number of methoxy groups -OCH3 is 1. The summed E-state index contributed by atoms with van der Waals surface area (Å²) in [6.07, 6.45) is 2.01. The molecule has 2 amide bonds. The molecule has 0 fully saturated rings. The van der Waals surface area contributed by atoms with Crippen LogP contribution in [0.2, 0.25) is 0 Å². The van der Waals surface area contributed by atoms with E-state index in [1.54, 1.807) is 14.0 Å². The van der Waals surface area contributed by atoms with Gasteiger partial charge < -0.3 is 24.8 Å². The summed E-state index contributed by atoms with van der Waals surface area (Å²) in [5, 5.41) is 11.7. The zero-order chi connectivity index (χ0) is 15.4. The Hall–Kier alpha value is -1.34. The molecule has 7 heteroatoms. The van der Waals surface area contributed by atoms with Gasteiger partial charge in [0, 0.05) is 27.3 Å². The van der Waals surface area contributed by atoms with Gasteiger partial charge in [0.25, 0.3) is 0 Å². The number of carbonyl (C=O) groups is 2. The number of hydrogen-bond donors (Lipinski definition) is 2. The lowest BCUT2D eigenvalue weighted by atomic mass is 10.2. The number of amides is 2. The SMILES string of the molecule is CCC(C(=O)O)N(C)C(=O)NCCCCOCCOC. The summed E-state index contributed by atoms with van der Waals surface area (Å²) in [5.74, 6) is -0.989. The molecule has 0 bridgehead atoms. The second-order valence-electron chi connectivity index (χ2n) is 4.42. The average molecular weight is 290 g/mol. The van der Waals surface area contributed by atoms with Crippen molar-refractivity contribution in [1.82, 2.24) is 10.2 Å². The van der Waals surface area contributed by atoms with Crippen LogP contribution in [0.25, 0.3) is 0 Å². The molecule has 1 unspecified atom stereocenters. The molecule has 1 atom stereocenters. The number of carboxylic acids is 1. The lowest BCUT2D eigenvalue weighted by molar-refractivity contribution is -0.141. The van der Waals surface area contributed by atoms with E-state index in [0.29, 0.717) is 32.8 Å². The number of nitrogens with one attached hydrogen (secondary N) is 1. The fourth-order valence-electron chi connectivity index (χ4n) is 1.65. The van der Waals surface area contributed by atoms with Gasteiger partial charge in [-0.25, -0.2) is 9.59 Å². The second-order valence-corrected chi connectivity index (χ2v) is 4.42. The van der Waals surface area contributed by atoms with Crippen molar-refractivity contribution < 1.29 is 24.2 Å². The third kappa shape index (κ3) is 7.96. The van der Waals surface area contributed by atoms with Crippen molar-refractivity contribution >= 4 is 12.0 Å². The monoisotopic (exact) mass is 290 g/mol. The highest BCUT2D eigenvalue weighted by Crippen LogP contribution is 2.02. The van der Waals surface area contributed by atoms with E-state index in [9.17, 15) is 9.59 Å². The molecule has 0 radical (unpaired) electrons. The maximum absolute atomic E-state index is 11.7. The third-order valence-corrected chi connectivity index (χ3v) is 2.88. The average Bonchev–Trinajstić information content (AvgIpc) is 2.41. The van der Waals surface area contributed by atoms with E-state index < -0.39 is 12.0 Å². The van der Waals surface area contributed by atoms with E-state index in [1.807, 2.05) is 0 Å². The highest BCUT2D eigenvalue weighted by Gasteiger charge is 2.24. The van der Waals surface area contributed by atoms with Crippen LogP contribution < -0.4 is 5.32 Å². The van der Waals surface area contributed by atoms with Gasteiger partial charge >= 0.3 is 12.0 Å². The molecule has 20 heavy (non-hydrogen) atoms. The molecule has 0 spiro atoms. The van der Waals surface area contributed by atoms with Gasteiger partial charge in [0.15, 0.2) is 0 Å². The van der Waals surface area contributed by atoms with Crippen LogP contribution in [-0.2, 0) is 14.3 Å². The van der Waals surface area contributed by atoms with Crippen molar-refractivity contribution in [3.63, 3.8) is 0 Å². The van der Waals surface area contributed by atoms with Crippen molar-refractivity contribution in [3.8, 4) is 0 Å². The Morgan fingerprint density at radius 3 is 2.50 bits per heavy atom. The molecule has 0 aliphatic rings. The van der Waals surface area contributed by atoms with Crippen LogP contribution in [0.4, 0.5) is 4.79 Å². The van der Waals surface area contributed by atoms with Crippen molar-refractivity contribution in [2.45, 2.75) is 32.2 Å². The van der Waals surface area contributed by atoms with Gasteiger partial charge in [-0.1, -0.05) is 6.92 Å². The fraction of sp³-hybridized carbons (Fsp3) is 0.846.